The first-order valence-corrected chi connectivity index (χ1v) is 8.79. The Hall–Kier alpha value is -3.41. The van der Waals surface area contributed by atoms with Crippen molar-refractivity contribution in [2.45, 2.75) is 18.9 Å². The number of ether oxygens (including phenoxy) is 1. The number of rotatable bonds is 3. The second kappa shape index (κ2) is 7.07. The van der Waals surface area contributed by atoms with Gasteiger partial charge in [-0.3, -0.25) is 9.59 Å². The summed E-state index contributed by atoms with van der Waals surface area (Å²) in [7, 11) is 1.59. The zero-order valence-corrected chi connectivity index (χ0v) is 14.9. The zero-order chi connectivity index (χ0) is 18.8. The van der Waals surface area contributed by atoms with Crippen LogP contribution in [0.3, 0.4) is 0 Å². The van der Waals surface area contributed by atoms with Gasteiger partial charge in [0.15, 0.2) is 0 Å². The average molecular weight is 361 g/mol. The summed E-state index contributed by atoms with van der Waals surface area (Å²) in [6.45, 7) is 0. The number of benzene rings is 2. The van der Waals surface area contributed by atoms with E-state index in [9.17, 15) is 9.59 Å². The molecule has 0 fully saturated rings. The molecule has 1 unspecified atom stereocenters. The van der Waals surface area contributed by atoms with Gasteiger partial charge in [-0.15, -0.1) is 0 Å². The summed E-state index contributed by atoms with van der Waals surface area (Å²) in [5.74, 6) is 0.430. The van der Waals surface area contributed by atoms with E-state index in [1.165, 1.54) is 10.7 Å². The van der Waals surface area contributed by atoms with Crippen molar-refractivity contribution < 1.29 is 9.53 Å². The SMILES string of the molecule is COc1ccccc1-c1ccc(=O)n(C2CCc3ccccc3NC2=O)n1. The fourth-order valence-corrected chi connectivity index (χ4v) is 3.38. The van der Waals surface area contributed by atoms with Gasteiger partial charge < -0.3 is 10.1 Å². The molecule has 0 spiro atoms. The molecule has 1 aliphatic rings. The minimum Gasteiger partial charge on any atom is -0.496 e. The predicted octanol–water partition coefficient (Wildman–Crippen LogP) is 3.04. The third-order valence-corrected chi connectivity index (χ3v) is 4.77. The van der Waals surface area contributed by atoms with E-state index >= 15 is 0 Å². The summed E-state index contributed by atoms with van der Waals surface area (Å²) in [4.78, 5) is 25.2. The van der Waals surface area contributed by atoms with Crippen LogP contribution in [0.1, 0.15) is 18.0 Å². The largest absolute Gasteiger partial charge is 0.496 e. The Morgan fingerprint density at radius 3 is 2.67 bits per heavy atom. The molecule has 136 valence electrons. The first kappa shape index (κ1) is 17.0. The van der Waals surface area contributed by atoms with E-state index in [1.807, 2.05) is 48.5 Å². The number of aromatic nitrogens is 2. The molecule has 2 aromatic carbocycles. The van der Waals surface area contributed by atoms with Crippen molar-refractivity contribution in [2.75, 3.05) is 12.4 Å². The Bertz CT molecular complexity index is 1060. The summed E-state index contributed by atoms with van der Waals surface area (Å²) in [5.41, 5.74) is 2.90. The van der Waals surface area contributed by atoms with Gasteiger partial charge in [-0.25, -0.2) is 4.68 Å². The minimum absolute atomic E-state index is 0.230. The number of hydrogen-bond acceptors (Lipinski definition) is 4. The Labute approximate surface area is 156 Å². The van der Waals surface area contributed by atoms with Crippen LogP contribution in [0, 0.1) is 0 Å². The number of fused-ring (bicyclic) bond motifs is 1. The summed E-state index contributed by atoms with van der Waals surface area (Å²) in [5, 5.41) is 7.41. The van der Waals surface area contributed by atoms with E-state index < -0.39 is 6.04 Å². The maximum Gasteiger partial charge on any atom is 0.267 e. The number of hydrogen-bond donors (Lipinski definition) is 1. The lowest BCUT2D eigenvalue weighted by atomic mass is 10.1. The lowest BCUT2D eigenvalue weighted by Gasteiger charge is -2.16. The van der Waals surface area contributed by atoms with E-state index in [0.717, 1.165) is 16.8 Å². The molecule has 6 heteroatoms. The Kier molecular flexibility index (Phi) is 4.46. The molecule has 1 aromatic heterocycles. The summed E-state index contributed by atoms with van der Waals surface area (Å²) >= 11 is 0. The normalized spacial score (nSPS) is 16.2. The van der Waals surface area contributed by atoms with Crippen molar-refractivity contribution in [1.82, 2.24) is 9.78 Å². The molecule has 0 aliphatic carbocycles. The van der Waals surface area contributed by atoms with Gasteiger partial charge in [0.05, 0.1) is 12.8 Å². The molecule has 1 atom stereocenters. The topological polar surface area (TPSA) is 73.2 Å². The van der Waals surface area contributed by atoms with Gasteiger partial charge >= 0.3 is 0 Å². The van der Waals surface area contributed by atoms with Crippen molar-refractivity contribution in [2.24, 2.45) is 0 Å². The van der Waals surface area contributed by atoms with Gasteiger partial charge in [0.2, 0.25) is 5.91 Å². The quantitative estimate of drug-likeness (QED) is 0.778. The van der Waals surface area contributed by atoms with Crippen LogP contribution in [-0.2, 0) is 11.2 Å². The monoisotopic (exact) mass is 361 g/mol. The number of para-hydroxylation sites is 2. The number of aryl methyl sites for hydroxylation is 1. The highest BCUT2D eigenvalue weighted by molar-refractivity contribution is 5.95. The number of anilines is 1. The zero-order valence-electron chi connectivity index (χ0n) is 14.9. The highest BCUT2D eigenvalue weighted by Crippen LogP contribution is 2.29. The van der Waals surface area contributed by atoms with Gasteiger partial charge in [0.1, 0.15) is 11.8 Å². The van der Waals surface area contributed by atoms with Crippen molar-refractivity contribution in [1.29, 1.82) is 0 Å². The number of methoxy groups -OCH3 is 1. The number of carbonyl (C=O) groups excluding carboxylic acids is 1. The molecular weight excluding hydrogens is 342 g/mol. The predicted molar refractivity (Wildman–Crippen MR) is 103 cm³/mol. The standard InChI is InChI=1S/C21H19N3O3/c1-27-19-9-5-3-7-15(19)17-11-13-20(25)24(23-17)18-12-10-14-6-2-4-8-16(14)22-21(18)26/h2-9,11,13,18H,10,12H2,1H3,(H,22,26). The van der Waals surface area contributed by atoms with Gasteiger partial charge in [0, 0.05) is 17.3 Å². The Morgan fingerprint density at radius 2 is 1.81 bits per heavy atom. The summed E-state index contributed by atoms with van der Waals surface area (Å²) in [6, 6.07) is 17.6. The third-order valence-electron chi connectivity index (χ3n) is 4.77. The van der Waals surface area contributed by atoms with Gasteiger partial charge in [0.25, 0.3) is 5.56 Å². The highest BCUT2D eigenvalue weighted by Gasteiger charge is 2.27. The van der Waals surface area contributed by atoms with Crippen molar-refractivity contribution >= 4 is 11.6 Å². The van der Waals surface area contributed by atoms with Crippen molar-refractivity contribution in [3.63, 3.8) is 0 Å². The molecule has 0 saturated carbocycles. The van der Waals surface area contributed by atoms with E-state index in [4.69, 9.17) is 4.74 Å². The smallest absolute Gasteiger partial charge is 0.267 e. The number of nitrogens with zero attached hydrogens (tertiary/aromatic N) is 2. The van der Waals surface area contributed by atoms with Crippen LogP contribution < -0.4 is 15.6 Å². The first-order chi connectivity index (χ1) is 13.2. The second-order valence-corrected chi connectivity index (χ2v) is 6.40. The van der Waals surface area contributed by atoms with Crippen LogP contribution in [0.15, 0.2) is 65.5 Å². The van der Waals surface area contributed by atoms with Crippen LogP contribution in [-0.4, -0.2) is 22.8 Å². The Balaban J connectivity index is 1.74. The first-order valence-electron chi connectivity index (χ1n) is 8.79. The van der Waals surface area contributed by atoms with E-state index in [0.29, 0.717) is 24.3 Å². The van der Waals surface area contributed by atoms with Crippen molar-refractivity contribution in [3.8, 4) is 17.0 Å². The molecule has 3 aromatic rings. The average Bonchev–Trinajstić information content (AvgIpc) is 2.86. The fraction of sp³-hybridized carbons (Fsp3) is 0.190. The fourth-order valence-electron chi connectivity index (χ4n) is 3.38. The highest BCUT2D eigenvalue weighted by atomic mass is 16.5. The van der Waals surface area contributed by atoms with Crippen LogP contribution in [0.2, 0.25) is 0 Å². The second-order valence-electron chi connectivity index (χ2n) is 6.40. The molecule has 0 radical (unpaired) electrons. The molecule has 27 heavy (non-hydrogen) atoms. The van der Waals surface area contributed by atoms with Gasteiger partial charge in [-0.05, 0) is 42.7 Å². The minimum atomic E-state index is -0.667. The molecule has 0 saturated heterocycles. The van der Waals surface area contributed by atoms with Crippen LogP contribution in [0.4, 0.5) is 5.69 Å². The lowest BCUT2D eigenvalue weighted by molar-refractivity contribution is -0.119. The number of carbonyl (C=O) groups is 1. The van der Waals surface area contributed by atoms with Crippen molar-refractivity contribution in [3.05, 3.63) is 76.6 Å². The number of nitrogens with one attached hydrogen (secondary N) is 1. The summed E-state index contributed by atoms with van der Waals surface area (Å²) in [6.07, 6.45) is 1.19. The van der Waals surface area contributed by atoms with E-state index in [1.54, 1.807) is 13.2 Å². The maximum absolute atomic E-state index is 12.8. The maximum atomic E-state index is 12.8. The van der Waals surface area contributed by atoms with Gasteiger partial charge in [-0.2, -0.15) is 5.10 Å². The number of amides is 1. The van der Waals surface area contributed by atoms with Crippen LogP contribution in [0.5, 0.6) is 5.75 Å². The van der Waals surface area contributed by atoms with E-state index in [-0.39, 0.29) is 11.5 Å². The molecule has 1 amide bonds. The van der Waals surface area contributed by atoms with Crippen LogP contribution in [0.25, 0.3) is 11.3 Å². The molecule has 0 bridgehead atoms. The lowest BCUT2D eigenvalue weighted by Crippen LogP contribution is -2.34. The third kappa shape index (κ3) is 3.21. The molecule has 6 nitrogen and oxygen atoms in total. The van der Waals surface area contributed by atoms with Crippen LogP contribution >= 0.6 is 0 Å². The molecule has 1 aliphatic heterocycles. The van der Waals surface area contributed by atoms with Gasteiger partial charge in [-0.1, -0.05) is 30.3 Å². The molecule has 1 N–H and O–H groups in total. The molecule has 4 rings (SSSR count). The van der Waals surface area contributed by atoms with E-state index in [2.05, 4.69) is 10.4 Å². The molecular formula is C21H19N3O3. The Morgan fingerprint density at radius 1 is 1.04 bits per heavy atom. The molecule has 2 heterocycles. The summed E-state index contributed by atoms with van der Waals surface area (Å²) < 4.78 is 6.67.